The summed E-state index contributed by atoms with van der Waals surface area (Å²) < 4.78 is 5.72. The molecule has 5 nitrogen and oxygen atoms in total. The molecule has 3 rings (SSSR count). The molecule has 0 spiro atoms. The first-order valence-corrected chi connectivity index (χ1v) is 15.0. The quantitative estimate of drug-likeness (QED) is 0.213. The lowest BCUT2D eigenvalue weighted by atomic mass is 9.96. The fraction of sp³-hybridized carbons (Fsp3) is 0.306. The van der Waals surface area contributed by atoms with Crippen molar-refractivity contribution in [3.63, 3.8) is 0 Å². The fourth-order valence-corrected chi connectivity index (χ4v) is 4.86. The van der Waals surface area contributed by atoms with Crippen molar-refractivity contribution in [1.29, 1.82) is 0 Å². The Labute approximate surface area is 255 Å². The summed E-state index contributed by atoms with van der Waals surface area (Å²) in [6.45, 7) is 5.19. The van der Waals surface area contributed by atoms with E-state index >= 15 is 0 Å². The lowest BCUT2D eigenvalue weighted by Gasteiger charge is -2.15. The van der Waals surface area contributed by atoms with Gasteiger partial charge in [0.15, 0.2) is 6.10 Å². The van der Waals surface area contributed by atoms with E-state index in [2.05, 4.69) is 88.1 Å². The van der Waals surface area contributed by atoms with Crippen molar-refractivity contribution in [2.75, 3.05) is 47.0 Å². The highest BCUT2D eigenvalue weighted by Gasteiger charge is 2.17. The Morgan fingerprint density at radius 2 is 1.40 bits per heavy atom. The predicted molar refractivity (Wildman–Crippen MR) is 175 cm³/mol. The van der Waals surface area contributed by atoms with Gasteiger partial charge in [0, 0.05) is 21.8 Å². The van der Waals surface area contributed by atoms with Gasteiger partial charge in [-0.15, -0.1) is 11.8 Å². The highest BCUT2D eigenvalue weighted by molar-refractivity contribution is 7.99. The number of benzene rings is 3. The van der Waals surface area contributed by atoms with Crippen molar-refractivity contribution < 1.29 is 14.6 Å². The van der Waals surface area contributed by atoms with Crippen LogP contribution in [0.4, 0.5) is 0 Å². The summed E-state index contributed by atoms with van der Waals surface area (Å²) >= 11 is 1.72. The maximum atomic E-state index is 11.4. The molecular weight excluding hydrogens is 540 g/mol. The number of ether oxygens (including phenoxy) is 1. The molecule has 0 fully saturated rings. The molecule has 0 aliphatic rings. The molecule has 0 aliphatic heterocycles. The van der Waals surface area contributed by atoms with Crippen molar-refractivity contribution in [1.82, 2.24) is 9.80 Å². The number of carboxylic acids is 1. The van der Waals surface area contributed by atoms with Crippen LogP contribution in [0.25, 0.3) is 5.57 Å². The molecule has 0 aliphatic carbocycles. The fourth-order valence-electron chi connectivity index (χ4n) is 3.99. The van der Waals surface area contributed by atoms with Crippen LogP contribution in [0, 0.1) is 30.6 Å². The minimum atomic E-state index is -0.949. The SMILES string of the molecule is CCC(Oc1ccc(SCC=C(c2ccc(C#CCN(C)C)cc2)c2ccc(C#CCN(C)C)cc2)cc1C)C(=O)O. The zero-order valence-corrected chi connectivity index (χ0v) is 26.2. The van der Waals surface area contributed by atoms with Gasteiger partial charge in [-0.2, -0.15) is 0 Å². The molecule has 0 saturated carbocycles. The summed E-state index contributed by atoms with van der Waals surface area (Å²) in [6, 6.07) is 22.7. The van der Waals surface area contributed by atoms with Crippen LogP contribution in [0.1, 0.15) is 41.2 Å². The number of thioether (sulfide) groups is 1. The summed E-state index contributed by atoms with van der Waals surface area (Å²) in [5, 5.41) is 9.33. The topological polar surface area (TPSA) is 53.0 Å². The van der Waals surface area contributed by atoms with Gasteiger partial charge in [0.25, 0.3) is 0 Å². The molecule has 42 heavy (non-hydrogen) atoms. The van der Waals surface area contributed by atoms with Crippen LogP contribution in [-0.2, 0) is 4.79 Å². The first-order chi connectivity index (χ1) is 20.2. The van der Waals surface area contributed by atoms with Gasteiger partial charge in [0.1, 0.15) is 5.75 Å². The summed E-state index contributed by atoms with van der Waals surface area (Å²) in [4.78, 5) is 16.6. The monoisotopic (exact) mass is 580 g/mol. The first kappa shape index (κ1) is 32.6. The number of carbonyl (C=O) groups is 1. The van der Waals surface area contributed by atoms with Crippen LogP contribution in [0.5, 0.6) is 5.75 Å². The molecule has 0 bridgehead atoms. The second kappa shape index (κ2) is 16.5. The molecule has 0 saturated heterocycles. The maximum absolute atomic E-state index is 11.4. The van der Waals surface area contributed by atoms with Gasteiger partial charge < -0.3 is 9.84 Å². The second-order valence-corrected chi connectivity index (χ2v) is 11.5. The zero-order valence-electron chi connectivity index (χ0n) is 25.4. The van der Waals surface area contributed by atoms with Crippen LogP contribution < -0.4 is 4.74 Å². The van der Waals surface area contributed by atoms with Gasteiger partial charge in [-0.05, 0) is 106 Å². The van der Waals surface area contributed by atoms with E-state index in [1.807, 2.05) is 53.3 Å². The van der Waals surface area contributed by atoms with Gasteiger partial charge >= 0.3 is 5.97 Å². The smallest absolute Gasteiger partial charge is 0.344 e. The summed E-state index contributed by atoms with van der Waals surface area (Å²) in [7, 11) is 8.04. The number of aryl methyl sites for hydroxylation is 1. The van der Waals surface area contributed by atoms with E-state index in [9.17, 15) is 9.90 Å². The van der Waals surface area contributed by atoms with Crippen molar-refractivity contribution in [3.05, 3.63) is 101 Å². The Bertz CT molecular complexity index is 1410. The lowest BCUT2D eigenvalue weighted by Crippen LogP contribution is -2.26. The molecule has 6 heteroatoms. The second-order valence-electron chi connectivity index (χ2n) is 10.4. The number of carboxylic acid groups (broad SMARTS) is 1. The van der Waals surface area contributed by atoms with Gasteiger partial charge in [-0.1, -0.05) is 60.9 Å². The van der Waals surface area contributed by atoms with Crippen LogP contribution in [0.2, 0.25) is 0 Å². The minimum absolute atomic E-state index is 0.409. The molecule has 0 heterocycles. The number of hydrogen-bond donors (Lipinski definition) is 1. The average molecular weight is 581 g/mol. The van der Waals surface area contributed by atoms with Crippen molar-refractivity contribution >= 4 is 23.3 Å². The largest absolute Gasteiger partial charge is 0.479 e. The van der Waals surface area contributed by atoms with Crippen molar-refractivity contribution in [2.24, 2.45) is 0 Å². The normalized spacial score (nSPS) is 11.2. The van der Waals surface area contributed by atoms with E-state index in [0.717, 1.165) is 57.1 Å². The van der Waals surface area contributed by atoms with Crippen LogP contribution in [0.15, 0.2) is 77.7 Å². The Hall–Kier alpha value is -3.94. The zero-order chi connectivity index (χ0) is 30.5. The Balaban J connectivity index is 1.83. The number of aliphatic carboxylic acids is 1. The van der Waals surface area contributed by atoms with E-state index in [1.54, 1.807) is 18.7 Å². The van der Waals surface area contributed by atoms with Crippen molar-refractivity contribution in [3.8, 4) is 29.4 Å². The van der Waals surface area contributed by atoms with Crippen LogP contribution >= 0.6 is 11.8 Å². The van der Waals surface area contributed by atoms with Gasteiger partial charge in [0.2, 0.25) is 0 Å². The van der Waals surface area contributed by atoms with E-state index in [-0.39, 0.29) is 0 Å². The highest BCUT2D eigenvalue weighted by atomic mass is 32.2. The number of hydrogen-bond acceptors (Lipinski definition) is 5. The maximum Gasteiger partial charge on any atom is 0.344 e. The number of rotatable bonds is 11. The Morgan fingerprint density at radius 3 is 1.83 bits per heavy atom. The molecule has 1 N–H and O–H groups in total. The predicted octanol–water partition coefficient (Wildman–Crippen LogP) is 6.29. The molecule has 0 aromatic heterocycles. The molecule has 3 aromatic carbocycles. The summed E-state index contributed by atoms with van der Waals surface area (Å²) in [6.07, 6.45) is 1.82. The first-order valence-electron chi connectivity index (χ1n) is 14.0. The number of nitrogens with zero attached hydrogens (tertiary/aromatic N) is 2. The lowest BCUT2D eigenvalue weighted by molar-refractivity contribution is -0.145. The summed E-state index contributed by atoms with van der Waals surface area (Å²) in [5.41, 5.74) is 6.30. The summed E-state index contributed by atoms with van der Waals surface area (Å²) in [5.74, 6) is 13.3. The Morgan fingerprint density at radius 1 is 0.881 bits per heavy atom. The average Bonchev–Trinajstić information content (AvgIpc) is 2.95. The highest BCUT2D eigenvalue weighted by Crippen LogP contribution is 2.29. The standard InChI is InChI=1S/C36H40N2O3S/c1-7-34(36(39)40)41-35-21-20-32(26-27(35)2)42-25-22-33(30-16-12-28(13-17-30)10-8-23-37(3)4)31-18-14-29(15-19-31)11-9-24-38(5)6/h12-22,26,34H,7,23-25H2,1-6H3,(H,39,40). The van der Waals surface area contributed by atoms with Crippen LogP contribution in [0.3, 0.4) is 0 Å². The van der Waals surface area contributed by atoms with Gasteiger partial charge in [0.05, 0.1) is 13.1 Å². The third kappa shape index (κ3) is 10.5. The van der Waals surface area contributed by atoms with E-state index in [4.69, 9.17) is 4.74 Å². The molecule has 3 aromatic rings. The minimum Gasteiger partial charge on any atom is -0.479 e. The van der Waals surface area contributed by atoms with Crippen molar-refractivity contribution in [2.45, 2.75) is 31.3 Å². The molecule has 218 valence electrons. The van der Waals surface area contributed by atoms with E-state index in [0.29, 0.717) is 12.2 Å². The third-order valence-corrected chi connectivity index (χ3v) is 7.17. The third-order valence-electron chi connectivity index (χ3n) is 6.25. The molecule has 0 amide bonds. The Kier molecular flexibility index (Phi) is 12.8. The van der Waals surface area contributed by atoms with Gasteiger partial charge in [-0.3, -0.25) is 9.80 Å². The van der Waals surface area contributed by atoms with E-state index in [1.165, 1.54) is 0 Å². The van der Waals surface area contributed by atoms with Gasteiger partial charge in [-0.25, -0.2) is 4.79 Å². The molecule has 1 unspecified atom stereocenters. The van der Waals surface area contributed by atoms with E-state index < -0.39 is 12.1 Å². The van der Waals surface area contributed by atoms with Crippen LogP contribution in [-0.4, -0.2) is 74.0 Å². The molecular formula is C36H40N2O3S. The molecule has 0 radical (unpaired) electrons. The molecule has 1 atom stereocenters.